The van der Waals surface area contributed by atoms with Gasteiger partial charge < -0.3 is 9.47 Å². The SMILES string of the molecule is CCCC[C@]1(C)[C@]2(C#N)C(N)=[NH+][C@@]3(OC[C@H](C)O3)[C@]12C#N. The van der Waals surface area contributed by atoms with Crippen LogP contribution in [0.2, 0.25) is 0 Å². The molecular weight excluding hydrogens is 268 g/mol. The summed E-state index contributed by atoms with van der Waals surface area (Å²) in [5.74, 6) is -0.983. The molecule has 1 aliphatic carbocycles. The zero-order chi connectivity index (χ0) is 15.5. The number of nitrogens with two attached hydrogens (primary N) is 1. The summed E-state index contributed by atoms with van der Waals surface area (Å²) < 4.78 is 11.7. The third-order valence-corrected chi connectivity index (χ3v) is 5.61. The van der Waals surface area contributed by atoms with Crippen molar-refractivity contribution in [3.05, 3.63) is 0 Å². The number of nitriles is 2. The Kier molecular flexibility index (Phi) is 2.71. The summed E-state index contributed by atoms with van der Waals surface area (Å²) in [6.45, 7) is 6.32. The molecule has 1 saturated carbocycles. The van der Waals surface area contributed by atoms with E-state index in [2.05, 4.69) is 24.1 Å². The van der Waals surface area contributed by atoms with Gasteiger partial charge in [0, 0.05) is 5.41 Å². The van der Waals surface area contributed by atoms with E-state index >= 15 is 0 Å². The molecule has 0 aromatic rings. The Labute approximate surface area is 124 Å². The Morgan fingerprint density at radius 3 is 2.62 bits per heavy atom. The summed E-state index contributed by atoms with van der Waals surface area (Å²) in [5, 5.41) is 19.8. The smallest absolute Gasteiger partial charge is 0.311 e. The monoisotopic (exact) mass is 289 g/mol. The van der Waals surface area contributed by atoms with Crippen LogP contribution < -0.4 is 10.7 Å². The number of nitrogens with one attached hydrogen (secondary N) is 1. The summed E-state index contributed by atoms with van der Waals surface area (Å²) in [6.07, 6.45) is 2.54. The number of unbranched alkanes of at least 4 members (excludes halogenated alkanes) is 1. The van der Waals surface area contributed by atoms with E-state index in [9.17, 15) is 10.5 Å². The highest BCUT2D eigenvalue weighted by Gasteiger charge is 3.02. The molecule has 112 valence electrons. The first-order chi connectivity index (χ1) is 9.91. The molecule has 6 heteroatoms. The second-order valence-electron chi connectivity index (χ2n) is 6.55. The van der Waals surface area contributed by atoms with Gasteiger partial charge in [-0.25, -0.2) is 4.99 Å². The summed E-state index contributed by atoms with van der Waals surface area (Å²) in [6, 6.07) is 4.67. The van der Waals surface area contributed by atoms with Crippen LogP contribution in [0.25, 0.3) is 0 Å². The van der Waals surface area contributed by atoms with Crippen molar-refractivity contribution in [2.45, 2.75) is 52.0 Å². The number of rotatable bonds is 3. The lowest BCUT2D eigenvalue weighted by atomic mass is 9.87. The average molecular weight is 289 g/mol. The highest BCUT2D eigenvalue weighted by Crippen LogP contribution is 2.84. The molecule has 1 spiro atoms. The van der Waals surface area contributed by atoms with Gasteiger partial charge in [-0.15, -0.1) is 0 Å². The Morgan fingerprint density at radius 1 is 1.43 bits per heavy atom. The van der Waals surface area contributed by atoms with E-state index in [1.54, 1.807) is 0 Å². The topological polar surface area (TPSA) is 106 Å². The molecule has 3 N–H and O–H groups in total. The van der Waals surface area contributed by atoms with Gasteiger partial charge in [-0.2, -0.15) is 10.5 Å². The molecule has 2 heterocycles. The zero-order valence-electron chi connectivity index (χ0n) is 12.7. The lowest BCUT2D eigenvalue weighted by Crippen LogP contribution is -2.90. The van der Waals surface area contributed by atoms with E-state index in [0.717, 1.165) is 19.3 Å². The zero-order valence-corrected chi connectivity index (χ0v) is 12.7. The molecule has 21 heavy (non-hydrogen) atoms. The van der Waals surface area contributed by atoms with Crippen molar-refractivity contribution in [2.75, 3.05) is 6.61 Å². The molecular formula is C15H21N4O2+. The Morgan fingerprint density at radius 2 is 2.14 bits per heavy atom. The van der Waals surface area contributed by atoms with Crippen LogP contribution in [-0.4, -0.2) is 24.5 Å². The van der Waals surface area contributed by atoms with Gasteiger partial charge in [-0.3, -0.25) is 5.73 Å². The minimum atomic E-state index is -1.29. The molecule has 0 radical (unpaired) electrons. The van der Waals surface area contributed by atoms with Crippen molar-refractivity contribution < 1.29 is 14.5 Å². The fourth-order valence-electron chi connectivity index (χ4n) is 4.56. The Bertz CT molecular complexity index is 606. The highest BCUT2D eigenvalue weighted by atomic mass is 16.8. The van der Waals surface area contributed by atoms with Gasteiger partial charge in [0.05, 0.1) is 24.8 Å². The molecule has 0 unspecified atom stereocenters. The molecule has 0 amide bonds. The van der Waals surface area contributed by atoms with E-state index in [-0.39, 0.29) is 6.10 Å². The van der Waals surface area contributed by atoms with Crippen LogP contribution in [-0.2, 0) is 9.47 Å². The third-order valence-electron chi connectivity index (χ3n) is 5.61. The number of ether oxygens (including phenoxy) is 2. The molecule has 0 bridgehead atoms. The van der Waals surface area contributed by atoms with Crippen molar-refractivity contribution in [1.29, 1.82) is 10.5 Å². The fourth-order valence-corrected chi connectivity index (χ4v) is 4.56. The largest absolute Gasteiger partial charge is 0.343 e. The summed E-state index contributed by atoms with van der Waals surface area (Å²) >= 11 is 0. The van der Waals surface area contributed by atoms with Crippen molar-refractivity contribution in [3.63, 3.8) is 0 Å². The minimum absolute atomic E-state index is 0.138. The lowest BCUT2D eigenvalue weighted by Gasteiger charge is -2.27. The number of fused-ring (bicyclic) bond motifs is 2. The fraction of sp³-hybridized carbons (Fsp3) is 0.800. The molecule has 5 atom stereocenters. The number of nitrogens with zero attached hydrogens (tertiary/aromatic N) is 2. The molecule has 2 aliphatic heterocycles. The molecule has 0 aromatic heterocycles. The van der Waals surface area contributed by atoms with Crippen molar-refractivity contribution in [1.82, 2.24) is 0 Å². The maximum Gasteiger partial charge on any atom is 0.343 e. The van der Waals surface area contributed by atoms with Gasteiger partial charge in [-0.05, 0) is 13.3 Å². The minimum Gasteiger partial charge on any atom is -0.311 e. The maximum absolute atomic E-state index is 9.96. The second-order valence-corrected chi connectivity index (χ2v) is 6.55. The van der Waals surface area contributed by atoms with Gasteiger partial charge in [0.15, 0.2) is 10.8 Å². The van der Waals surface area contributed by atoms with Crippen LogP contribution in [0, 0.1) is 38.9 Å². The third kappa shape index (κ3) is 1.15. The van der Waals surface area contributed by atoms with Crippen LogP contribution in [0.4, 0.5) is 0 Å². The van der Waals surface area contributed by atoms with Crippen LogP contribution >= 0.6 is 0 Å². The van der Waals surface area contributed by atoms with Crippen LogP contribution in [0.3, 0.4) is 0 Å². The molecule has 2 fully saturated rings. The first kappa shape index (κ1) is 14.3. The Balaban J connectivity index is 2.15. The molecule has 0 aromatic carbocycles. The van der Waals surface area contributed by atoms with Crippen molar-refractivity contribution in [2.24, 2.45) is 22.0 Å². The first-order valence-corrected chi connectivity index (χ1v) is 7.46. The predicted octanol–water partition coefficient (Wildman–Crippen LogP) is -0.243. The standard InChI is InChI=1S/C15H20N4O2/c1-4-5-6-12(3)13(8-16)11(18)19-15(14(12,13)9-17)20-7-10(2)21-15/h10H,4-7H2,1-3H3,(H2,18,19)/p+1/t10-,12+,13-,14+,15+/m0/s1. The lowest BCUT2D eigenvalue weighted by molar-refractivity contribution is -0.680. The van der Waals surface area contributed by atoms with Gasteiger partial charge in [0.25, 0.3) is 5.84 Å². The van der Waals surface area contributed by atoms with Crippen molar-refractivity contribution in [3.8, 4) is 12.1 Å². The summed E-state index contributed by atoms with van der Waals surface area (Å²) in [4.78, 5) is 2.98. The van der Waals surface area contributed by atoms with Gasteiger partial charge in [0.1, 0.15) is 0 Å². The van der Waals surface area contributed by atoms with E-state index in [1.165, 1.54) is 0 Å². The van der Waals surface area contributed by atoms with Crippen LogP contribution in [0.5, 0.6) is 0 Å². The van der Waals surface area contributed by atoms with Crippen molar-refractivity contribution >= 4 is 5.84 Å². The molecule has 3 rings (SSSR count). The van der Waals surface area contributed by atoms with E-state index in [0.29, 0.717) is 12.4 Å². The average Bonchev–Trinajstić information content (AvgIpc) is 2.67. The maximum atomic E-state index is 9.96. The van der Waals surface area contributed by atoms with Gasteiger partial charge >= 0.3 is 5.91 Å². The molecule has 6 nitrogen and oxygen atoms in total. The van der Waals surface area contributed by atoms with E-state index in [4.69, 9.17) is 15.2 Å². The van der Waals surface area contributed by atoms with Gasteiger partial charge in [0.2, 0.25) is 0 Å². The molecule has 3 aliphatic rings. The first-order valence-electron chi connectivity index (χ1n) is 7.46. The number of amidine groups is 1. The highest BCUT2D eigenvalue weighted by molar-refractivity contribution is 5.94. The number of hydrogen-bond acceptors (Lipinski definition) is 5. The summed E-state index contributed by atoms with van der Waals surface area (Å²) in [5.41, 5.74) is 3.45. The van der Waals surface area contributed by atoms with E-state index < -0.39 is 22.2 Å². The quantitative estimate of drug-likeness (QED) is 0.745. The normalized spacial score (nSPS) is 50.3. The Hall–Kier alpha value is -1.63. The second kappa shape index (κ2) is 3.97. The van der Waals surface area contributed by atoms with E-state index in [1.807, 2.05) is 13.8 Å². The predicted molar refractivity (Wildman–Crippen MR) is 73.1 cm³/mol. The summed E-state index contributed by atoms with van der Waals surface area (Å²) in [7, 11) is 0. The molecule has 1 saturated heterocycles. The van der Waals surface area contributed by atoms with Gasteiger partial charge in [-0.1, -0.05) is 26.7 Å². The van der Waals surface area contributed by atoms with Crippen LogP contribution in [0.1, 0.15) is 40.0 Å². The number of hydrogen-bond donors (Lipinski definition) is 2. The van der Waals surface area contributed by atoms with Crippen LogP contribution in [0.15, 0.2) is 0 Å².